The average Bonchev–Trinajstić information content (AvgIpc) is 3.48. The molecular weight excluding hydrogens is 487 g/mol. The molecule has 0 unspecified atom stereocenters. The predicted molar refractivity (Wildman–Crippen MR) is 128 cm³/mol. The summed E-state index contributed by atoms with van der Waals surface area (Å²) in [5, 5.41) is 25.2. The fraction of sp³-hybridized carbons (Fsp3) is 0.190. The van der Waals surface area contributed by atoms with Crippen molar-refractivity contribution in [3.05, 3.63) is 89.6 Å². The summed E-state index contributed by atoms with van der Waals surface area (Å²) in [6, 6.07) is 7.07. The number of carbonyl (C=O) groups excluding carboxylic acids is 1. The van der Waals surface area contributed by atoms with Gasteiger partial charge in [0.05, 0.1) is 40.0 Å². The molecule has 1 aromatic carbocycles. The monoisotopic (exact) mass is 504 g/mol. The number of hydrogen-bond acceptors (Lipinski definition) is 6. The van der Waals surface area contributed by atoms with Crippen molar-refractivity contribution in [2.75, 3.05) is 5.32 Å². The molecule has 9 nitrogen and oxygen atoms in total. The van der Waals surface area contributed by atoms with Gasteiger partial charge in [-0.3, -0.25) is 24.3 Å². The highest BCUT2D eigenvalue weighted by Crippen LogP contribution is 2.28. The van der Waals surface area contributed by atoms with Gasteiger partial charge in [0.15, 0.2) is 0 Å². The van der Waals surface area contributed by atoms with Gasteiger partial charge in [-0.15, -0.1) is 11.3 Å². The molecule has 1 N–H and O–H groups in total. The van der Waals surface area contributed by atoms with E-state index in [2.05, 4.69) is 15.5 Å². The first-order chi connectivity index (χ1) is 15.7. The highest BCUT2D eigenvalue weighted by molar-refractivity contribution is 7.12. The standard InChI is InChI=1S/C21H18Cl2N6O3S/c1-12-20(13(2)28(26-12)10-16-17(22)4-3-5-18(16)23)25-21(30)19-6-14(11-33-19)8-27-9-15(7-24-27)29(31)32/h3-7,9,11H,8,10H2,1-2H3,(H,25,30). The highest BCUT2D eigenvalue weighted by atomic mass is 35.5. The van der Waals surface area contributed by atoms with Gasteiger partial charge in [0.1, 0.15) is 12.4 Å². The molecule has 4 aromatic rings. The van der Waals surface area contributed by atoms with Crippen LogP contribution in [0.2, 0.25) is 10.0 Å². The van der Waals surface area contributed by atoms with Gasteiger partial charge in [-0.05, 0) is 43.0 Å². The minimum Gasteiger partial charge on any atom is -0.318 e. The summed E-state index contributed by atoms with van der Waals surface area (Å²) in [4.78, 5) is 23.7. The predicted octanol–water partition coefficient (Wildman–Crippen LogP) is 5.32. The van der Waals surface area contributed by atoms with Gasteiger partial charge >= 0.3 is 5.69 Å². The van der Waals surface area contributed by atoms with Crippen LogP contribution in [0.5, 0.6) is 0 Å². The molecule has 0 aliphatic heterocycles. The number of hydrogen-bond donors (Lipinski definition) is 1. The molecule has 4 rings (SSSR count). The number of amides is 1. The minimum atomic E-state index is -0.499. The molecule has 0 aliphatic rings. The van der Waals surface area contributed by atoms with Crippen molar-refractivity contribution in [3.8, 4) is 0 Å². The lowest BCUT2D eigenvalue weighted by Crippen LogP contribution is -2.12. The first kappa shape index (κ1) is 23.0. The Morgan fingerprint density at radius 3 is 2.64 bits per heavy atom. The molecule has 33 heavy (non-hydrogen) atoms. The Hall–Kier alpha value is -3.21. The van der Waals surface area contributed by atoms with Crippen molar-refractivity contribution in [2.24, 2.45) is 0 Å². The van der Waals surface area contributed by atoms with E-state index >= 15 is 0 Å². The van der Waals surface area contributed by atoms with Gasteiger partial charge in [0, 0.05) is 15.6 Å². The lowest BCUT2D eigenvalue weighted by Gasteiger charge is -2.09. The van der Waals surface area contributed by atoms with Crippen LogP contribution in [0.1, 0.15) is 32.2 Å². The van der Waals surface area contributed by atoms with Crippen LogP contribution in [-0.4, -0.2) is 30.4 Å². The van der Waals surface area contributed by atoms with Crippen molar-refractivity contribution in [1.29, 1.82) is 0 Å². The van der Waals surface area contributed by atoms with Crippen molar-refractivity contribution in [1.82, 2.24) is 19.6 Å². The largest absolute Gasteiger partial charge is 0.318 e. The van der Waals surface area contributed by atoms with Gasteiger partial charge in [-0.25, -0.2) is 0 Å². The Labute approximate surface area is 202 Å². The van der Waals surface area contributed by atoms with E-state index in [0.717, 1.165) is 16.8 Å². The van der Waals surface area contributed by atoms with E-state index in [1.165, 1.54) is 28.4 Å². The quantitative estimate of drug-likeness (QED) is 0.270. The van der Waals surface area contributed by atoms with Gasteiger partial charge in [0.25, 0.3) is 5.91 Å². The first-order valence-corrected chi connectivity index (χ1v) is 11.4. The van der Waals surface area contributed by atoms with E-state index in [1.807, 2.05) is 19.2 Å². The van der Waals surface area contributed by atoms with Gasteiger partial charge in [-0.1, -0.05) is 29.3 Å². The zero-order valence-corrected chi connectivity index (χ0v) is 19.9. The maximum absolute atomic E-state index is 12.9. The molecule has 0 aliphatic carbocycles. The second-order valence-corrected chi connectivity index (χ2v) is 9.06. The van der Waals surface area contributed by atoms with E-state index in [9.17, 15) is 14.9 Å². The molecule has 0 radical (unpaired) electrons. The Morgan fingerprint density at radius 2 is 1.97 bits per heavy atom. The number of rotatable bonds is 7. The van der Waals surface area contributed by atoms with Crippen molar-refractivity contribution >= 4 is 51.8 Å². The fourth-order valence-corrected chi connectivity index (χ4v) is 4.65. The summed E-state index contributed by atoms with van der Waals surface area (Å²) in [7, 11) is 0. The summed E-state index contributed by atoms with van der Waals surface area (Å²) < 4.78 is 3.21. The Morgan fingerprint density at radius 1 is 1.24 bits per heavy atom. The van der Waals surface area contributed by atoms with Crippen LogP contribution in [0.3, 0.4) is 0 Å². The van der Waals surface area contributed by atoms with E-state index in [-0.39, 0.29) is 11.6 Å². The number of nitrogens with zero attached hydrogens (tertiary/aromatic N) is 5. The number of carbonyl (C=O) groups is 1. The molecule has 0 fully saturated rings. The molecule has 3 heterocycles. The van der Waals surface area contributed by atoms with Crippen LogP contribution in [0.15, 0.2) is 42.0 Å². The third kappa shape index (κ3) is 4.92. The molecule has 12 heteroatoms. The number of nitrogens with one attached hydrogen (secondary N) is 1. The van der Waals surface area contributed by atoms with Crippen LogP contribution in [0.25, 0.3) is 0 Å². The molecule has 170 valence electrons. The fourth-order valence-electron chi connectivity index (χ4n) is 3.34. The number of thiophene rings is 1. The third-order valence-electron chi connectivity index (χ3n) is 5.04. The van der Waals surface area contributed by atoms with Crippen molar-refractivity contribution < 1.29 is 9.72 Å². The zero-order valence-electron chi connectivity index (χ0n) is 17.6. The molecular formula is C21H18Cl2N6O3S. The smallest absolute Gasteiger partial charge is 0.307 e. The van der Waals surface area contributed by atoms with Crippen molar-refractivity contribution in [2.45, 2.75) is 26.9 Å². The van der Waals surface area contributed by atoms with Crippen LogP contribution >= 0.6 is 34.5 Å². The van der Waals surface area contributed by atoms with E-state index in [4.69, 9.17) is 23.2 Å². The normalized spacial score (nSPS) is 11.0. The molecule has 1 amide bonds. The maximum atomic E-state index is 12.9. The lowest BCUT2D eigenvalue weighted by atomic mass is 10.2. The molecule has 0 saturated heterocycles. The number of aromatic nitrogens is 4. The van der Waals surface area contributed by atoms with Gasteiger partial charge < -0.3 is 5.32 Å². The van der Waals surface area contributed by atoms with E-state index in [0.29, 0.717) is 39.4 Å². The zero-order chi connectivity index (χ0) is 23.7. The number of halogens is 2. The SMILES string of the molecule is Cc1nn(Cc2c(Cl)cccc2Cl)c(C)c1NC(=O)c1cc(Cn2cc([N+](=O)[O-])cn2)cs1. The summed E-state index contributed by atoms with van der Waals surface area (Å²) in [5.74, 6) is -0.265. The first-order valence-electron chi connectivity index (χ1n) is 9.75. The molecule has 0 spiro atoms. The van der Waals surface area contributed by atoms with Crippen LogP contribution < -0.4 is 5.32 Å². The van der Waals surface area contributed by atoms with Gasteiger partial charge in [0.2, 0.25) is 0 Å². The highest BCUT2D eigenvalue weighted by Gasteiger charge is 2.18. The summed E-state index contributed by atoms with van der Waals surface area (Å²) >= 11 is 13.9. The van der Waals surface area contributed by atoms with Gasteiger partial charge in [-0.2, -0.15) is 10.2 Å². The molecule has 0 saturated carbocycles. The Kier molecular flexibility index (Phi) is 6.50. The van der Waals surface area contributed by atoms with Crippen molar-refractivity contribution in [3.63, 3.8) is 0 Å². The number of aryl methyl sites for hydroxylation is 1. The second kappa shape index (κ2) is 9.34. The number of anilines is 1. The average molecular weight is 505 g/mol. The number of nitro groups is 1. The molecule has 0 atom stereocenters. The lowest BCUT2D eigenvalue weighted by molar-refractivity contribution is -0.385. The molecule has 0 bridgehead atoms. The van der Waals surface area contributed by atoms with E-state index in [1.54, 1.807) is 28.9 Å². The molecule has 3 aromatic heterocycles. The summed E-state index contributed by atoms with van der Waals surface area (Å²) in [5.41, 5.74) is 3.57. The summed E-state index contributed by atoms with van der Waals surface area (Å²) in [6.07, 6.45) is 2.54. The Balaban J connectivity index is 1.48. The van der Waals surface area contributed by atoms with Crippen LogP contribution in [-0.2, 0) is 13.1 Å². The van der Waals surface area contributed by atoms with Crippen LogP contribution in [0, 0.1) is 24.0 Å². The maximum Gasteiger partial charge on any atom is 0.307 e. The Bertz CT molecular complexity index is 1340. The number of benzene rings is 1. The second-order valence-electron chi connectivity index (χ2n) is 7.33. The topological polar surface area (TPSA) is 108 Å². The minimum absolute atomic E-state index is 0.0794. The summed E-state index contributed by atoms with van der Waals surface area (Å²) in [6.45, 7) is 4.38. The van der Waals surface area contributed by atoms with Crippen LogP contribution in [0.4, 0.5) is 11.4 Å². The third-order valence-corrected chi connectivity index (χ3v) is 6.73. The van der Waals surface area contributed by atoms with E-state index < -0.39 is 4.92 Å².